The fourth-order valence-corrected chi connectivity index (χ4v) is 2.75. The molecule has 0 fully saturated rings. The molecule has 0 aliphatic carbocycles. The van der Waals surface area contributed by atoms with Gasteiger partial charge < -0.3 is 10.2 Å². The zero-order valence-electron chi connectivity index (χ0n) is 13.2. The van der Waals surface area contributed by atoms with Crippen LogP contribution in [0.2, 0.25) is 0 Å². The first kappa shape index (κ1) is 15.7. The van der Waals surface area contributed by atoms with Gasteiger partial charge in [0, 0.05) is 0 Å². The monoisotopic (exact) mass is 284 g/mol. The average molecular weight is 284 g/mol. The summed E-state index contributed by atoms with van der Waals surface area (Å²) < 4.78 is 0. The van der Waals surface area contributed by atoms with Crippen molar-refractivity contribution in [1.82, 2.24) is 0 Å². The summed E-state index contributed by atoms with van der Waals surface area (Å²) in [6.07, 6.45) is 0.695. The van der Waals surface area contributed by atoms with Crippen molar-refractivity contribution in [2.24, 2.45) is 0 Å². The molecule has 112 valence electrons. The maximum Gasteiger partial charge on any atom is 0.0843 e. The predicted molar refractivity (Wildman–Crippen MR) is 86.2 cm³/mol. The summed E-state index contributed by atoms with van der Waals surface area (Å²) in [5.74, 6) is 0. The smallest absolute Gasteiger partial charge is 0.0843 e. The lowest BCUT2D eigenvalue weighted by atomic mass is 9.86. The van der Waals surface area contributed by atoms with Crippen LogP contribution in [0.4, 0.5) is 0 Å². The topological polar surface area (TPSA) is 40.5 Å². The summed E-state index contributed by atoms with van der Waals surface area (Å²) >= 11 is 0. The Hall–Kier alpha value is -1.64. The minimum absolute atomic E-state index is 0.695. The first-order valence-corrected chi connectivity index (χ1v) is 7.31. The van der Waals surface area contributed by atoms with E-state index in [0.29, 0.717) is 6.42 Å². The van der Waals surface area contributed by atoms with E-state index in [-0.39, 0.29) is 0 Å². The van der Waals surface area contributed by atoms with E-state index < -0.39 is 11.2 Å². The van der Waals surface area contributed by atoms with Gasteiger partial charge in [-0.25, -0.2) is 0 Å². The van der Waals surface area contributed by atoms with Crippen molar-refractivity contribution in [3.05, 3.63) is 70.8 Å². The van der Waals surface area contributed by atoms with E-state index in [4.69, 9.17) is 0 Å². The zero-order valence-corrected chi connectivity index (χ0v) is 13.2. The number of hydrogen-bond donors (Lipinski definition) is 2. The fraction of sp³-hybridized carbons (Fsp3) is 0.368. The van der Waals surface area contributed by atoms with Crippen LogP contribution in [-0.4, -0.2) is 10.2 Å². The summed E-state index contributed by atoms with van der Waals surface area (Å²) in [7, 11) is 0. The molecule has 0 heterocycles. The van der Waals surface area contributed by atoms with E-state index in [1.807, 2.05) is 48.5 Å². The first-order valence-electron chi connectivity index (χ1n) is 7.31. The molecular weight excluding hydrogens is 260 g/mol. The highest BCUT2D eigenvalue weighted by molar-refractivity contribution is 5.40. The highest BCUT2D eigenvalue weighted by Crippen LogP contribution is 2.29. The minimum Gasteiger partial charge on any atom is -0.386 e. The van der Waals surface area contributed by atoms with Crippen LogP contribution in [0.25, 0.3) is 0 Å². The van der Waals surface area contributed by atoms with Crippen LogP contribution in [-0.2, 0) is 17.6 Å². The number of rotatable bonds is 4. The molecule has 0 bridgehead atoms. The van der Waals surface area contributed by atoms with E-state index in [2.05, 4.69) is 0 Å². The van der Waals surface area contributed by atoms with E-state index in [9.17, 15) is 10.2 Å². The summed E-state index contributed by atoms with van der Waals surface area (Å²) in [5.41, 5.74) is 2.27. The number of aliphatic hydroxyl groups is 2. The van der Waals surface area contributed by atoms with Crippen LogP contribution in [0, 0.1) is 0 Å². The van der Waals surface area contributed by atoms with E-state index in [1.54, 1.807) is 27.7 Å². The van der Waals surface area contributed by atoms with Crippen LogP contribution >= 0.6 is 0 Å². The van der Waals surface area contributed by atoms with Crippen molar-refractivity contribution in [3.8, 4) is 0 Å². The second kappa shape index (κ2) is 5.63. The molecule has 0 spiro atoms. The van der Waals surface area contributed by atoms with Crippen molar-refractivity contribution in [2.45, 2.75) is 45.3 Å². The normalized spacial score (nSPS) is 12.5. The molecule has 2 N–H and O–H groups in total. The van der Waals surface area contributed by atoms with Gasteiger partial charge in [0.25, 0.3) is 0 Å². The van der Waals surface area contributed by atoms with Gasteiger partial charge in [0.15, 0.2) is 0 Å². The number of hydrogen-bond acceptors (Lipinski definition) is 2. The molecule has 0 radical (unpaired) electrons. The molecule has 2 nitrogen and oxygen atoms in total. The second-order valence-electron chi connectivity index (χ2n) is 6.61. The molecule has 0 aliphatic rings. The predicted octanol–water partition coefficient (Wildman–Crippen LogP) is 3.73. The van der Waals surface area contributed by atoms with Gasteiger partial charge in [0.1, 0.15) is 0 Å². The molecule has 0 amide bonds. The molecule has 0 unspecified atom stereocenters. The lowest BCUT2D eigenvalue weighted by Crippen LogP contribution is -2.20. The van der Waals surface area contributed by atoms with Crippen molar-refractivity contribution in [3.63, 3.8) is 0 Å². The lowest BCUT2D eigenvalue weighted by molar-refractivity contribution is 0.0771. The minimum atomic E-state index is -0.875. The molecule has 0 aliphatic heterocycles. The van der Waals surface area contributed by atoms with Gasteiger partial charge in [-0.1, -0.05) is 48.5 Å². The summed E-state index contributed by atoms with van der Waals surface area (Å²) in [6, 6.07) is 15.8. The van der Waals surface area contributed by atoms with Crippen molar-refractivity contribution >= 4 is 0 Å². The van der Waals surface area contributed by atoms with E-state index >= 15 is 0 Å². The van der Waals surface area contributed by atoms with Crippen molar-refractivity contribution in [2.75, 3.05) is 0 Å². The Morgan fingerprint density at radius 3 is 1.33 bits per heavy atom. The fourth-order valence-electron chi connectivity index (χ4n) is 2.75. The van der Waals surface area contributed by atoms with Crippen molar-refractivity contribution in [1.29, 1.82) is 0 Å². The van der Waals surface area contributed by atoms with E-state index in [1.165, 1.54) is 0 Å². The molecule has 0 saturated heterocycles. The van der Waals surface area contributed by atoms with Crippen LogP contribution in [0.1, 0.15) is 49.9 Å². The Balaban J connectivity index is 2.45. The Labute approximate surface area is 127 Å². The summed E-state index contributed by atoms with van der Waals surface area (Å²) in [4.78, 5) is 0. The average Bonchev–Trinajstić information content (AvgIpc) is 2.37. The summed E-state index contributed by atoms with van der Waals surface area (Å²) in [6.45, 7) is 7.20. The molecular formula is C19H24O2. The molecule has 0 aromatic heterocycles. The lowest BCUT2D eigenvalue weighted by Gasteiger charge is -2.25. The summed E-state index contributed by atoms with van der Waals surface area (Å²) in [5, 5.41) is 20.7. The van der Waals surface area contributed by atoms with Gasteiger partial charge in [-0.2, -0.15) is 0 Å². The van der Waals surface area contributed by atoms with Crippen LogP contribution in [0.15, 0.2) is 48.5 Å². The molecule has 2 aromatic carbocycles. The Morgan fingerprint density at radius 1 is 0.667 bits per heavy atom. The maximum atomic E-state index is 10.3. The van der Waals surface area contributed by atoms with Crippen LogP contribution < -0.4 is 0 Å². The Morgan fingerprint density at radius 2 is 1.00 bits per heavy atom. The van der Waals surface area contributed by atoms with Gasteiger partial charge in [-0.05, 0) is 56.4 Å². The second-order valence-corrected chi connectivity index (χ2v) is 6.61. The first-order chi connectivity index (χ1) is 9.69. The zero-order chi connectivity index (χ0) is 15.7. The van der Waals surface area contributed by atoms with Gasteiger partial charge in [0.05, 0.1) is 11.2 Å². The standard InChI is InChI=1S/C19H24O2/c1-18(2,20)16-11-7-5-9-14(16)13-15-10-6-8-12-17(15)19(3,4)21/h5-12,20-21H,13H2,1-4H3. The van der Waals surface area contributed by atoms with Gasteiger partial charge in [-0.15, -0.1) is 0 Å². The number of benzene rings is 2. The highest BCUT2D eigenvalue weighted by atomic mass is 16.3. The molecule has 2 aromatic rings. The molecule has 0 saturated carbocycles. The van der Waals surface area contributed by atoms with Crippen LogP contribution in [0.3, 0.4) is 0 Å². The SMILES string of the molecule is CC(C)(O)c1ccccc1Cc1ccccc1C(C)(C)O. The van der Waals surface area contributed by atoms with E-state index in [0.717, 1.165) is 22.3 Å². The Bertz CT molecular complexity index is 560. The third-order valence-corrected chi connectivity index (χ3v) is 3.73. The Kier molecular flexibility index (Phi) is 4.22. The van der Waals surface area contributed by atoms with Gasteiger partial charge in [-0.3, -0.25) is 0 Å². The quantitative estimate of drug-likeness (QED) is 0.898. The molecule has 2 heteroatoms. The largest absolute Gasteiger partial charge is 0.386 e. The van der Waals surface area contributed by atoms with Crippen LogP contribution in [0.5, 0.6) is 0 Å². The third kappa shape index (κ3) is 3.72. The highest BCUT2D eigenvalue weighted by Gasteiger charge is 2.22. The molecule has 2 rings (SSSR count). The molecule has 21 heavy (non-hydrogen) atoms. The van der Waals surface area contributed by atoms with Crippen molar-refractivity contribution < 1.29 is 10.2 Å². The third-order valence-electron chi connectivity index (χ3n) is 3.73. The van der Waals surface area contributed by atoms with Gasteiger partial charge >= 0.3 is 0 Å². The molecule has 0 atom stereocenters. The van der Waals surface area contributed by atoms with Gasteiger partial charge in [0.2, 0.25) is 0 Å². The maximum absolute atomic E-state index is 10.3.